The molecule has 0 spiro atoms. The van der Waals surface area contributed by atoms with Crippen LogP contribution in [-0.4, -0.2) is 10.0 Å². The first kappa shape index (κ1) is 9.69. The highest BCUT2D eigenvalue weighted by Gasteiger charge is 2.12. The first-order valence-corrected chi connectivity index (χ1v) is 4.58. The van der Waals surface area contributed by atoms with Gasteiger partial charge in [0, 0.05) is 3.92 Å². The highest BCUT2D eigenvalue weighted by molar-refractivity contribution is 14.1. The smallest absolute Gasteiger partial charge is 0.0962 e. The van der Waals surface area contributed by atoms with Gasteiger partial charge in [0.1, 0.15) is 0 Å². The molecular weight excluding hydrogens is 227 g/mol. The van der Waals surface area contributed by atoms with Crippen molar-refractivity contribution in [1.29, 1.82) is 0 Å². The van der Waals surface area contributed by atoms with Crippen LogP contribution in [0.25, 0.3) is 0 Å². The zero-order valence-corrected chi connectivity index (χ0v) is 8.38. The summed E-state index contributed by atoms with van der Waals surface area (Å²) in [4.78, 5) is 0. The van der Waals surface area contributed by atoms with E-state index in [1.807, 2.05) is 13.8 Å². The van der Waals surface area contributed by atoms with Gasteiger partial charge in [-0.05, 0) is 12.3 Å². The van der Waals surface area contributed by atoms with Crippen molar-refractivity contribution in [3.8, 4) is 0 Å². The van der Waals surface area contributed by atoms with E-state index in [-0.39, 0.29) is 6.10 Å². The quantitative estimate of drug-likeness (QED) is 0.534. The van der Waals surface area contributed by atoms with Crippen LogP contribution in [-0.2, 0) is 5.11 Å². The first-order chi connectivity index (χ1) is 4.04. The molecule has 0 fully saturated rings. The van der Waals surface area contributed by atoms with E-state index >= 15 is 0 Å². The molecular formula is C7H14IO. The van der Waals surface area contributed by atoms with Crippen molar-refractivity contribution in [2.75, 3.05) is 0 Å². The van der Waals surface area contributed by atoms with Crippen LogP contribution in [0.2, 0.25) is 0 Å². The molecule has 0 aliphatic heterocycles. The largest absolute Gasteiger partial charge is 0.233 e. The summed E-state index contributed by atoms with van der Waals surface area (Å²) in [7, 11) is 0. The number of hydrogen-bond acceptors (Lipinski definition) is 0. The van der Waals surface area contributed by atoms with Gasteiger partial charge in [-0.3, -0.25) is 0 Å². The molecule has 9 heavy (non-hydrogen) atoms. The van der Waals surface area contributed by atoms with E-state index in [1.165, 1.54) is 0 Å². The molecule has 0 bridgehead atoms. The van der Waals surface area contributed by atoms with Crippen LogP contribution in [0.15, 0.2) is 0 Å². The van der Waals surface area contributed by atoms with Gasteiger partial charge in [-0.1, -0.05) is 43.4 Å². The number of alkyl halides is 1. The Morgan fingerprint density at radius 3 is 1.89 bits per heavy atom. The lowest BCUT2D eigenvalue weighted by molar-refractivity contribution is 0.0441. The normalized spacial score (nSPS) is 18.0. The van der Waals surface area contributed by atoms with Crippen molar-refractivity contribution in [1.82, 2.24) is 0 Å². The Hall–Kier alpha value is 0.690. The zero-order valence-electron chi connectivity index (χ0n) is 6.23. The predicted molar refractivity (Wildman–Crippen MR) is 47.4 cm³/mol. The molecule has 0 aliphatic carbocycles. The summed E-state index contributed by atoms with van der Waals surface area (Å²) in [6, 6.07) is 0. The Labute approximate surface area is 71.0 Å². The average Bonchev–Trinajstić information content (AvgIpc) is 1.63. The van der Waals surface area contributed by atoms with Gasteiger partial charge in [0.05, 0.1) is 6.10 Å². The third-order valence-corrected chi connectivity index (χ3v) is 1.81. The van der Waals surface area contributed by atoms with Crippen LogP contribution in [0, 0.1) is 5.92 Å². The van der Waals surface area contributed by atoms with E-state index in [0.29, 0.717) is 9.84 Å². The Kier molecular flexibility index (Phi) is 4.84. The summed E-state index contributed by atoms with van der Waals surface area (Å²) < 4.78 is 0.521. The van der Waals surface area contributed by atoms with E-state index in [0.717, 1.165) is 6.42 Å². The van der Waals surface area contributed by atoms with Crippen molar-refractivity contribution in [2.24, 2.45) is 5.92 Å². The fourth-order valence-electron chi connectivity index (χ4n) is 0.592. The highest BCUT2D eigenvalue weighted by Crippen LogP contribution is 2.13. The molecule has 1 nitrogen and oxygen atoms in total. The molecule has 2 atom stereocenters. The molecule has 0 aromatic heterocycles. The second kappa shape index (κ2) is 4.50. The lowest BCUT2D eigenvalue weighted by atomic mass is 10.0. The molecule has 2 heteroatoms. The molecule has 0 heterocycles. The van der Waals surface area contributed by atoms with Crippen molar-refractivity contribution in [2.45, 2.75) is 37.2 Å². The summed E-state index contributed by atoms with van der Waals surface area (Å²) in [6.45, 7) is 6.04. The third kappa shape index (κ3) is 5.15. The zero-order chi connectivity index (χ0) is 7.44. The van der Waals surface area contributed by atoms with Gasteiger partial charge >= 0.3 is 0 Å². The van der Waals surface area contributed by atoms with Crippen molar-refractivity contribution < 1.29 is 5.11 Å². The van der Waals surface area contributed by atoms with Crippen LogP contribution in [0.3, 0.4) is 0 Å². The van der Waals surface area contributed by atoms with Crippen molar-refractivity contribution in [3.05, 3.63) is 0 Å². The molecule has 0 rings (SSSR count). The molecule has 0 aliphatic rings. The molecule has 0 amide bonds. The van der Waals surface area contributed by atoms with E-state index < -0.39 is 0 Å². The fraction of sp³-hybridized carbons (Fsp3) is 1.00. The summed E-state index contributed by atoms with van der Waals surface area (Å²) in [5.74, 6) is 0.294. The predicted octanol–water partition coefficient (Wildman–Crippen LogP) is 2.66. The minimum Gasteiger partial charge on any atom is -0.233 e. The Morgan fingerprint density at radius 2 is 1.78 bits per heavy atom. The Bertz CT molecular complexity index is 71.3. The Balaban J connectivity index is 3.38. The molecule has 0 saturated carbocycles. The van der Waals surface area contributed by atoms with Crippen LogP contribution in [0.1, 0.15) is 27.2 Å². The second-order valence-corrected chi connectivity index (χ2v) is 4.93. The molecule has 0 N–H and O–H groups in total. The van der Waals surface area contributed by atoms with Gasteiger partial charge in [0.15, 0.2) is 0 Å². The second-order valence-electron chi connectivity index (χ2n) is 2.80. The van der Waals surface area contributed by atoms with Gasteiger partial charge < -0.3 is 0 Å². The lowest BCUT2D eigenvalue weighted by Gasteiger charge is -2.12. The van der Waals surface area contributed by atoms with E-state index in [9.17, 15) is 5.11 Å². The molecule has 2 unspecified atom stereocenters. The Morgan fingerprint density at radius 1 is 1.33 bits per heavy atom. The van der Waals surface area contributed by atoms with Gasteiger partial charge in [0.25, 0.3) is 0 Å². The third-order valence-electron chi connectivity index (χ3n) is 1.30. The van der Waals surface area contributed by atoms with E-state index in [2.05, 4.69) is 29.5 Å². The van der Waals surface area contributed by atoms with Crippen LogP contribution in [0.4, 0.5) is 0 Å². The molecule has 0 saturated heterocycles. The van der Waals surface area contributed by atoms with E-state index in [4.69, 9.17) is 0 Å². The fourth-order valence-corrected chi connectivity index (χ4v) is 1.09. The van der Waals surface area contributed by atoms with Gasteiger partial charge in [0.2, 0.25) is 0 Å². The number of hydrogen-bond donors (Lipinski definition) is 0. The van der Waals surface area contributed by atoms with Crippen LogP contribution >= 0.6 is 22.6 Å². The summed E-state index contributed by atoms with van der Waals surface area (Å²) in [5.41, 5.74) is 0. The minimum atomic E-state index is -0.364. The SMILES string of the molecule is CC(I)CC([O])C(C)C. The molecule has 0 aromatic rings. The molecule has 1 radical (unpaired) electrons. The summed E-state index contributed by atoms with van der Waals surface area (Å²) >= 11 is 2.29. The topological polar surface area (TPSA) is 19.9 Å². The van der Waals surface area contributed by atoms with Gasteiger partial charge in [-0.15, -0.1) is 0 Å². The lowest BCUT2D eigenvalue weighted by Crippen LogP contribution is -2.16. The van der Waals surface area contributed by atoms with Crippen molar-refractivity contribution in [3.63, 3.8) is 0 Å². The maximum Gasteiger partial charge on any atom is 0.0962 e. The van der Waals surface area contributed by atoms with Gasteiger partial charge in [-0.2, -0.15) is 0 Å². The van der Waals surface area contributed by atoms with Crippen LogP contribution < -0.4 is 0 Å². The number of rotatable bonds is 3. The maximum absolute atomic E-state index is 11.0. The monoisotopic (exact) mass is 241 g/mol. The minimum absolute atomic E-state index is 0.294. The first-order valence-electron chi connectivity index (χ1n) is 3.34. The summed E-state index contributed by atoms with van der Waals surface area (Å²) in [5, 5.41) is 11.0. The standard InChI is InChI=1S/C7H14IO/c1-5(2)7(9)4-6(3)8/h5-7H,4H2,1-3H3. The summed E-state index contributed by atoms with van der Waals surface area (Å²) in [6.07, 6.45) is 0.440. The average molecular weight is 241 g/mol. The maximum atomic E-state index is 11.0. The van der Waals surface area contributed by atoms with Crippen molar-refractivity contribution >= 4 is 22.6 Å². The molecule has 0 aromatic carbocycles. The van der Waals surface area contributed by atoms with Gasteiger partial charge in [-0.25, -0.2) is 5.11 Å². The number of halogens is 1. The highest BCUT2D eigenvalue weighted by atomic mass is 127. The van der Waals surface area contributed by atoms with E-state index in [1.54, 1.807) is 0 Å². The molecule has 55 valence electrons. The van der Waals surface area contributed by atoms with Crippen LogP contribution in [0.5, 0.6) is 0 Å².